The number of fused-ring (bicyclic) bond motifs is 1. The van der Waals surface area contributed by atoms with Crippen LogP contribution in [0.3, 0.4) is 0 Å². The van der Waals surface area contributed by atoms with Gasteiger partial charge >= 0.3 is 0 Å². The van der Waals surface area contributed by atoms with E-state index in [9.17, 15) is 5.26 Å². The van der Waals surface area contributed by atoms with E-state index in [1.165, 1.54) is 11.1 Å². The molecular formula is C17H16N4. The number of nitrogens with zero attached hydrogens (tertiary/aromatic N) is 3. The smallest absolute Gasteiger partial charge is 0.201 e. The Balaban J connectivity index is 2.15. The van der Waals surface area contributed by atoms with Crippen molar-refractivity contribution < 1.29 is 0 Å². The molecule has 2 N–H and O–H groups in total. The van der Waals surface area contributed by atoms with Crippen LogP contribution in [-0.4, -0.2) is 9.55 Å². The maximum atomic E-state index is 9.20. The highest BCUT2D eigenvalue weighted by Gasteiger charge is 2.11. The number of hydrogen-bond acceptors (Lipinski definition) is 3. The van der Waals surface area contributed by atoms with E-state index < -0.39 is 0 Å². The Labute approximate surface area is 123 Å². The van der Waals surface area contributed by atoms with Crippen molar-refractivity contribution in [2.75, 3.05) is 5.73 Å². The Morgan fingerprint density at radius 3 is 2.67 bits per heavy atom. The van der Waals surface area contributed by atoms with Gasteiger partial charge in [-0.1, -0.05) is 18.2 Å². The molecule has 0 amide bonds. The van der Waals surface area contributed by atoms with Crippen molar-refractivity contribution in [2.24, 2.45) is 0 Å². The van der Waals surface area contributed by atoms with Crippen molar-refractivity contribution in [1.29, 1.82) is 5.26 Å². The first-order valence-electron chi connectivity index (χ1n) is 6.81. The lowest BCUT2D eigenvalue weighted by Crippen LogP contribution is -2.06. The average molecular weight is 276 g/mol. The molecule has 21 heavy (non-hydrogen) atoms. The molecule has 4 nitrogen and oxygen atoms in total. The zero-order valence-electron chi connectivity index (χ0n) is 12.1. The van der Waals surface area contributed by atoms with Gasteiger partial charge in [0.05, 0.1) is 29.2 Å². The van der Waals surface area contributed by atoms with Gasteiger partial charge in [-0.2, -0.15) is 5.26 Å². The van der Waals surface area contributed by atoms with Crippen LogP contribution < -0.4 is 5.73 Å². The van der Waals surface area contributed by atoms with E-state index >= 15 is 0 Å². The molecular weight excluding hydrogens is 260 g/mol. The Morgan fingerprint density at radius 1 is 1.19 bits per heavy atom. The van der Waals surface area contributed by atoms with Crippen LogP contribution in [0.15, 0.2) is 36.4 Å². The zero-order valence-corrected chi connectivity index (χ0v) is 12.1. The highest BCUT2D eigenvalue weighted by Crippen LogP contribution is 2.23. The number of hydrogen-bond donors (Lipinski definition) is 1. The first kappa shape index (κ1) is 13.2. The quantitative estimate of drug-likeness (QED) is 0.781. The summed E-state index contributed by atoms with van der Waals surface area (Å²) in [6.07, 6.45) is 0. The number of rotatable bonds is 2. The van der Waals surface area contributed by atoms with Crippen LogP contribution in [-0.2, 0) is 6.54 Å². The zero-order chi connectivity index (χ0) is 15.0. The molecule has 0 aliphatic carbocycles. The van der Waals surface area contributed by atoms with E-state index in [4.69, 9.17) is 5.73 Å². The average Bonchev–Trinajstić information content (AvgIpc) is 2.76. The fraction of sp³-hybridized carbons (Fsp3) is 0.176. The molecule has 104 valence electrons. The van der Waals surface area contributed by atoms with Crippen molar-refractivity contribution >= 4 is 17.0 Å². The lowest BCUT2D eigenvalue weighted by Gasteiger charge is -2.09. The predicted octanol–water partition coefficient (Wildman–Crippen LogP) is 3.16. The van der Waals surface area contributed by atoms with Gasteiger partial charge in [0.15, 0.2) is 0 Å². The summed E-state index contributed by atoms with van der Waals surface area (Å²) < 4.78 is 1.96. The van der Waals surface area contributed by atoms with E-state index in [0.717, 1.165) is 16.6 Å². The van der Waals surface area contributed by atoms with Gasteiger partial charge in [0.1, 0.15) is 0 Å². The summed E-state index contributed by atoms with van der Waals surface area (Å²) in [5.41, 5.74) is 12.0. The summed E-state index contributed by atoms with van der Waals surface area (Å²) in [7, 11) is 0. The molecule has 3 rings (SSSR count). The van der Waals surface area contributed by atoms with Crippen LogP contribution in [0.4, 0.5) is 5.95 Å². The minimum atomic E-state index is 0.475. The summed E-state index contributed by atoms with van der Waals surface area (Å²) in [5.74, 6) is 0.475. The van der Waals surface area contributed by atoms with Gasteiger partial charge in [-0.15, -0.1) is 0 Å². The maximum absolute atomic E-state index is 9.20. The third-order valence-corrected chi connectivity index (χ3v) is 3.86. The first-order valence-corrected chi connectivity index (χ1v) is 6.81. The SMILES string of the molecule is Cc1cc2nc(N)n(Cc3ccccc3C#N)c2cc1C. The van der Waals surface area contributed by atoms with Gasteiger partial charge in [-0.25, -0.2) is 4.98 Å². The Hall–Kier alpha value is -2.80. The molecule has 0 aliphatic heterocycles. The standard InChI is InChI=1S/C17H16N4/c1-11-7-15-16(8-12(11)2)21(17(19)20-15)10-14-6-4-3-5-13(14)9-18/h3-8H,10H2,1-2H3,(H2,19,20). The van der Waals surface area contributed by atoms with Crippen LogP contribution in [0.2, 0.25) is 0 Å². The molecule has 0 bridgehead atoms. The molecule has 0 unspecified atom stereocenters. The fourth-order valence-corrected chi connectivity index (χ4v) is 2.50. The van der Waals surface area contributed by atoms with E-state index in [0.29, 0.717) is 18.1 Å². The molecule has 0 atom stereocenters. The largest absolute Gasteiger partial charge is 0.369 e. The number of nitriles is 1. The molecule has 1 heterocycles. The van der Waals surface area contributed by atoms with Gasteiger partial charge < -0.3 is 10.3 Å². The van der Waals surface area contributed by atoms with Crippen molar-refractivity contribution in [3.8, 4) is 6.07 Å². The highest BCUT2D eigenvalue weighted by molar-refractivity contribution is 5.80. The van der Waals surface area contributed by atoms with E-state index in [2.05, 4.69) is 31.0 Å². The third kappa shape index (κ3) is 2.23. The van der Waals surface area contributed by atoms with Crippen LogP contribution in [0.25, 0.3) is 11.0 Å². The molecule has 0 spiro atoms. The molecule has 0 aliphatic rings. The summed E-state index contributed by atoms with van der Waals surface area (Å²) in [5, 5.41) is 9.20. The lowest BCUT2D eigenvalue weighted by atomic mass is 10.1. The second-order valence-corrected chi connectivity index (χ2v) is 5.25. The lowest BCUT2D eigenvalue weighted by molar-refractivity contribution is 0.835. The van der Waals surface area contributed by atoms with Gasteiger partial charge in [-0.05, 0) is 48.7 Å². The van der Waals surface area contributed by atoms with E-state index in [1.54, 1.807) is 0 Å². The number of benzene rings is 2. The number of aryl methyl sites for hydroxylation is 2. The number of nitrogen functional groups attached to an aromatic ring is 1. The number of nitrogens with two attached hydrogens (primary N) is 1. The van der Waals surface area contributed by atoms with Crippen LogP contribution in [0.1, 0.15) is 22.3 Å². The Kier molecular flexibility index (Phi) is 3.11. The van der Waals surface area contributed by atoms with Gasteiger partial charge in [0.2, 0.25) is 5.95 Å². The second kappa shape index (κ2) is 4.95. The van der Waals surface area contributed by atoms with Crippen molar-refractivity contribution in [3.05, 3.63) is 58.7 Å². The highest BCUT2D eigenvalue weighted by atomic mass is 15.1. The summed E-state index contributed by atoms with van der Waals surface area (Å²) in [6, 6.07) is 13.9. The number of imidazole rings is 1. The molecule has 4 heteroatoms. The molecule has 0 fully saturated rings. The monoisotopic (exact) mass is 276 g/mol. The molecule has 3 aromatic rings. The van der Waals surface area contributed by atoms with Crippen LogP contribution in [0.5, 0.6) is 0 Å². The molecule has 1 aromatic heterocycles. The summed E-state index contributed by atoms with van der Waals surface area (Å²) >= 11 is 0. The van der Waals surface area contributed by atoms with E-state index in [-0.39, 0.29) is 0 Å². The molecule has 2 aromatic carbocycles. The number of aromatic nitrogens is 2. The number of anilines is 1. The first-order chi connectivity index (χ1) is 10.1. The summed E-state index contributed by atoms with van der Waals surface area (Å²) in [6.45, 7) is 4.69. The Morgan fingerprint density at radius 2 is 1.90 bits per heavy atom. The van der Waals surface area contributed by atoms with Crippen molar-refractivity contribution in [3.63, 3.8) is 0 Å². The Bertz CT molecular complexity index is 868. The van der Waals surface area contributed by atoms with Gasteiger partial charge in [0.25, 0.3) is 0 Å². The van der Waals surface area contributed by atoms with Gasteiger partial charge in [0, 0.05) is 0 Å². The summed E-state index contributed by atoms with van der Waals surface area (Å²) in [4.78, 5) is 4.42. The minimum Gasteiger partial charge on any atom is -0.369 e. The fourth-order valence-electron chi connectivity index (χ4n) is 2.50. The maximum Gasteiger partial charge on any atom is 0.201 e. The van der Waals surface area contributed by atoms with Crippen molar-refractivity contribution in [1.82, 2.24) is 9.55 Å². The molecule has 0 radical (unpaired) electrons. The minimum absolute atomic E-state index is 0.475. The van der Waals surface area contributed by atoms with Crippen molar-refractivity contribution in [2.45, 2.75) is 20.4 Å². The second-order valence-electron chi connectivity index (χ2n) is 5.25. The topological polar surface area (TPSA) is 67.6 Å². The normalized spacial score (nSPS) is 10.7. The molecule has 0 saturated carbocycles. The molecule has 0 saturated heterocycles. The van der Waals surface area contributed by atoms with E-state index in [1.807, 2.05) is 34.9 Å². The van der Waals surface area contributed by atoms with Crippen LogP contribution in [0, 0.1) is 25.2 Å². The van der Waals surface area contributed by atoms with Gasteiger partial charge in [-0.3, -0.25) is 0 Å². The van der Waals surface area contributed by atoms with Crippen LogP contribution >= 0.6 is 0 Å². The third-order valence-electron chi connectivity index (χ3n) is 3.86. The predicted molar refractivity (Wildman–Crippen MR) is 83.9 cm³/mol.